The van der Waals surface area contributed by atoms with Crippen LogP contribution in [0.2, 0.25) is 5.02 Å². The zero-order valence-electron chi connectivity index (χ0n) is 13.7. The van der Waals surface area contributed by atoms with Crippen LogP contribution in [-0.2, 0) is 0 Å². The van der Waals surface area contributed by atoms with Crippen LogP contribution in [0.25, 0.3) is 22.0 Å². The smallest absolute Gasteiger partial charge is 0.257 e. The molecule has 0 saturated heterocycles. The number of H-pyrrole nitrogens is 1. The first-order valence-electron chi connectivity index (χ1n) is 8.16. The fourth-order valence-corrected chi connectivity index (χ4v) is 3.36. The molecular weight excluding hydrogens is 346 g/mol. The highest BCUT2D eigenvalue weighted by molar-refractivity contribution is 6.36. The highest BCUT2D eigenvalue weighted by atomic mass is 35.5. The Labute approximate surface area is 154 Å². The molecule has 0 amide bonds. The normalized spacial score (nSPS) is 10.8. The third-order valence-electron chi connectivity index (χ3n) is 4.32. The predicted molar refractivity (Wildman–Crippen MR) is 105 cm³/mol. The summed E-state index contributed by atoms with van der Waals surface area (Å²) in [4.78, 5) is 29.0. The lowest BCUT2D eigenvalue weighted by Crippen LogP contribution is -2.17. The van der Waals surface area contributed by atoms with Crippen molar-refractivity contribution in [1.82, 2.24) is 4.98 Å². The number of para-hydroxylation sites is 1. The summed E-state index contributed by atoms with van der Waals surface area (Å²) in [7, 11) is 0. The summed E-state index contributed by atoms with van der Waals surface area (Å²) in [6, 6.07) is 23.4. The van der Waals surface area contributed by atoms with Crippen LogP contribution in [0.15, 0.2) is 83.7 Å². The first-order valence-corrected chi connectivity index (χ1v) is 8.54. The number of hydrogen-bond acceptors (Lipinski definition) is 2. The van der Waals surface area contributed by atoms with Gasteiger partial charge in [0.2, 0.25) is 0 Å². The lowest BCUT2D eigenvalue weighted by Gasteiger charge is -2.13. The summed E-state index contributed by atoms with van der Waals surface area (Å²) >= 11 is 6.27. The molecular formula is C22H14ClNO2. The van der Waals surface area contributed by atoms with Gasteiger partial charge in [0.25, 0.3) is 5.56 Å². The van der Waals surface area contributed by atoms with Crippen LogP contribution in [0, 0.1) is 0 Å². The number of ketones is 1. The summed E-state index contributed by atoms with van der Waals surface area (Å²) in [6.07, 6.45) is 0. The Kier molecular flexibility index (Phi) is 4.15. The maximum Gasteiger partial charge on any atom is 0.257 e. The van der Waals surface area contributed by atoms with Crippen molar-refractivity contribution in [2.75, 3.05) is 0 Å². The van der Waals surface area contributed by atoms with Crippen LogP contribution >= 0.6 is 11.6 Å². The van der Waals surface area contributed by atoms with Crippen LogP contribution in [-0.4, -0.2) is 10.8 Å². The van der Waals surface area contributed by atoms with Crippen LogP contribution in [0.1, 0.15) is 15.9 Å². The second kappa shape index (κ2) is 6.62. The highest BCUT2D eigenvalue weighted by Gasteiger charge is 2.22. The minimum atomic E-state index is -0.337. The zero-order chi connectivity index (χ0) is 18.1. The van der Waals surface area contributed by atoms with E-state index in [4.69, 9.17) is 11.6 Å². The number of hydrogen-bond donors (Lipinski definition) is 1. The maximum atomic E-state index is 13.3. The van der Waals surface area contributed by atoms with E-state index in [1.165, 1.54) is 0 Å². The molecule has 0 aliphatic heterocycles. The van der Waals surface area contributed by atoms with Crippen LogP contribution < -0.4 is 5.56 Å². The molecule has 1 heterocycles. The van der Waals surface area contributed by atoms with Crippen LogP contribution in [0.5, 0.6) is 0 Å². The Hall–Kier alpha value is -3.17. The van der Waals surface area contributed by atoms with Gasteiger partial charge in [0, 0.05) is 16.5 Å². The van der Waals surface area contributed by atoms with Gasteiger partial charge in [-0.1, -0.05) is 84.4 Å². The molecule has 0 aliphatic rings. The van der Waals surface area contributed by atoms with Crippen LogP contribution in [0.4, 0.5) is 0 Å². The number of fused-ring (bicyclic) bond motifs is 1. The van der Waals surface area contributed by atoms with Gasteiger partial charge in [-0.15, -0.1) is 0 Å². The summed E-state index contributed by atoms with van der Waals surface area (Å²) < 4.78 is 0. The molecule has 126 valence electrons. The molecule has 0 atom stereocenters. The van der Waals surface area contributed by atoms with Gasteiger partial charge < -0.3 is 4.98 Å². The lowest BCUT2D eigenvalue weighted by molar-refractivity contribution is 0.104. The molecule has 4 heteroatoms. The van der Waals surface area contributed by atoms with Crippen molar-refractivity contribution in [3.8, 4) is 11.1 Å². The van der Waals surface area contributed by atoms with Crippen molar-refractivity contribution < 1.29 is 4.79 Å². The molecule has 0 saturated carbocycles. The topological polar surface area (TPSA) is 49.9 Å². The van der Waals surface area contributed by atoms with E-state index in [9.17, 15) is 9.59 Å². The van der Waals surface area contributed by atoms with Gasteiger partial charge in [-0.25, -0.2) is 0 Å². The minimum absolute atomic E-state index is 0.206. The molecule has 0 bridgehead atoms. The van der Waals surface area contributed by atoms with Crippen molar-refractivity contribution in [2.24, 2.45) is 0 Å². The van der Waals surface area contributed by atoms with E-state index in [2.05, 4.69) is 4.98 Å². The Morgan fingerprint density at radius 1 is 0.808 bits per heavy atom. The van der Waals surface area contributed by atoms with Crippen molar-refractivity contribution in [3.05, 3.63) is 105 Å². The average molecular weight is 360 g/mol. The summed E-state index contributed by atoms with van der Waals surface area (Å²) in [5, 5.41) is 1.03. The first kappa shape index (κ1) is 16.3. The molecule has 26 heavy (non-hydrogen) atoms. The van der Waals surface area contributed by atoms with Crippen molar-refractivity contribution >= 4 is 28.3 Å². The Bertz CT molecular complexity index is 1170. The van der Waals surface area contributed by atoms with Gasteiger partial charge in [-0.2, -0.15) is 0 Å². The number of halogens is 1. The number of aromatic amines is 1. The number of benzene rings is 3. The molecule has 3 nitrogen and oxygen atoms in total. The third kappa shape index (κ3) is 2.72. The number of rotatable bonds is 3. The van der Waals surface area contributed by atoms with Crippen molar-refractivity contribution in [1.29, 1.82) is 0 Å². The van der Waals surface area contributed by atoms with E-state index in [1.54, 1.807) is 42.5 Å². The maximum absolute atomic E-state index is 13.3. The van der Waals surface area contributed by atoms with Gasteiger partial charge in [0.15, 0.2) is 5.78 Å². The number of pyridine rings is 1. The number of aromatic nitrogens is 1. The molecule has 1 N–H and O–H groups in total. The average Bonchev–Trinajstić information content (AvgIpc) is 2.68. The highest BCUT2D eigenvalue weighted by Crippen LogP contribution is 2.31. The van der Waals surface area contributed by atoms with Gasteiger partial charge in [0.1, 0.15) is 0 Å². The first-order chi connectivity index (χ1) is 12.7. The van der Waals surface area contributed by atoms with Gasteiger partial charge in [-0.05, 0) is 11.6 Å². The fraction of sp³-hybridized carbons (Fsp3) is 0. The fourth-order valence-electron chi connectivity index (χ4n) is 3.13. The second-order valence-electron chi connectivity index (χ2n) is 5.93. The minimum Gasteiger partial charge on any atom is -0.320 e. The lowest BCUT2D eigenvalue weighted by atomic mass is 9.92. The Balaban J connectivity index is 2.13. The number of carbonyl (C=O) groups is 1. The summed E-state index contributed by atoms with van der Waals surface area (Å²) in [5.74, 6) is -0.206. The van der Waals surface area contributed by atoms with E-state index in [0.29, 0.717) is 38.2 Å². The second-order valence-corrected chi connectivity index (χ2v) is 6.33. The van der Waals surface area contributed by atoms with E-state index in [-0.39, 0.29) is 11.3 Å². The zero-order valence-corrected chi connectivity index (χ0v) is 14.5. The van der Waals surface area contributed by atoms with Crippen LogP contribution in [0.3, 0.4) is 0 Å². The standard InChI is InChI=1S/C22H14ClNO2/c23-17-13-7-12-16-19(21(25)15-10-5-2-6-11-15)18(22(26)24-20(16)17)14-8-3-1-4-9-14/h1-13H,(H,24,26). The largest absolute Gasteiger partial charge is 0.320 e. The molecule has 0 spiro atoms. The molecule has 0 fully saturated rings. The van der Waals surface area contributed by atoms with Gasteiger partial charge in [-0.3, -0.25) is 9.59 Å². The summed E-state index contributed by atoms with van der Waals surface area (Å²) in [6.45, 7) is 0. The quantitative estimate of drug-likeness (QED) is 0.518. The molecule has 0 aliphatic carbocycles. The van der Waals surface area contributed by atoms with E-state index in [0.717, 1.165) is 0 Å². The van der Waals surface area contributed by atoms with E-state index < -0.39 is 0 Å². The predicted octanol–water partition coefficient (Wildman–Crippen LogP) is 5.08. The molecule has 4 aromatic rings. The van der Waals surface area contributed by atoms with Gasteiger partial charge in [0.05, 0.1) is 16.1 Å². The summed E-state index contributed by atoms with van der Waals surface area (Å²) in [5.41, 5.74) is 2.07. The Morgan fingerprint density at radius 3 is 2.15 bits per heavy atom. The molecule has 0 radical (unpaired) electrons. The molecule has 4 rings (SSSR count). The van der Waals surface area contributed by atoms with Crippen molar-refractivity contribution in [2.45, 2.75) is 0 Å². The number of nitrogens with one attached hydrogen (secondary N) is 1. The Morgan fingerprint density at radius 2 is 1.46 bits per heavy atom. The molecule has 0 unspecified atom stereocenters. The SMILES string of the molecule is O=C(c1ccccc1)c1c(-c2ccccc2)c(=O)[nH]c2c(Cl)cccc12. The monoisotopic (exact) mass is 359 g/mol. The third-order valence-corrected chi connectivity index (χ3v) is 4.64. The number of carbonyl (C=O) groups excluding carboxylic acids is 1. The molecule has 3 aromatic carbocycles. The van der Waals surface area contributed by atoms with E-state index >= 15 is 0 Å². The van der Waals surface area contributed by atoms with E-state index in [1.807, 2.05) is 36.4 Å². The van der Waals surface area contributed by atoms with Crippen molar-refractivity contribution in [3.63, 3.8) is 0 Å². The van der Waals surface area contributed by atoms with Gasteiger partial charge >= 0.3 is 0 Å². The molecule has 1 aromatic heterocycles.